The molecule has 0 bridgehead atoms. The van der Waals surface area contributed by atoms with Crippen LogP contribution in [0.25, 0.3) is 0 Å². The van der Waals surface area contributed by atoms with Crippen LogP contribution in [0.5, 0.6) is 0 Å². The number of rotatable bonds is 2. The van der Waals surface area contributed by atoms with Crippen LogP contribution in [0.1, 0.15) is 41.5 Å². The second kappa shape index (κ2) is 12.9. The summed E-state index contributed by atoms with van der Waals surface area (Å²) in [6.07, 6.45) is 0.750. The lowest BCUT2D eigenvalue weighted by Crippen LogP contribution is -2.09. The Morgan fingerprint density at radius 3 is 1.00 bits per heavy atom. The maximum atomic E-state index is 9.00. The zero-order chi connectivity index (χ0) is 13.0. The van der Waals surface area contributed by atoms with Gasteiger partial charge in [-0.3, -0.25) is 9.59 Å². The van der Waals surface area contributed by atoms with Gasteiger partial charge >= 0.3 is 0 Å². The summed E-state index contributed by atoms with van der Waals surface area (Å²) in [5.41, 5.74) is 0. The van der Waals surface area contributed by atoms with Crippen LogP contribution in [-0.2, 0) is 14.3 Å². The topological polar surface area (TPSA) is 83.8 Å². The minimum Gasteiger partial charge on any atom is -0.481 e. The Balaban J connectivity index is -0.000000155. The summed E-state index contributed by atoms with van der Waals surface area (Å²) >= 11 is 0. The van der Waals surface area contributed by atoms with Gasteiger partial charge < -0.3 is 14.9 Å². The molecular weight excluding hydrogens is 200 g/mol. The van der Waals surface area contributed by atoms with E-state index in [2.05, 4.69) is 0 Å². The molecule has 0 atom stereocenters. The van der Waals surface area contributed by atoms with E-state index in [4.69, 9.17) is 24.5 Å². The van der Waals surface area contributed by atoms with E-state index < -0.39 is 11.9 Å². The molecule has 0 aliphatic heterocycles. The molecule has 0 aromatic rings. The van der Waals surface area contributed by atoms with E-state index in [1.54, 1.807) is 0 Å². The van der Waals surface area contributed by atoms with Gasteiger partial charge in [-0.1, -0.05) is 0 Å². The normalized spacial score (nSPS) is 8.53. The molecule has 0 saturated heterocycles. The van der Waals surface area contributed by atoms with Crippen molar-refractivity contribution in [2.75, 3.05) is 0 Å². The van der Waals surface area contributed by atoms with Crippen LogP contribution >= 0.6 is 0 Å². The fraction of sp³-hybridized carbons (Fsp3) is 0.800. The molecule has 0 aromatic heterocycles. The van der Waals surface area contributed by atoms with Crippen molar-refractivity contribution < 1.29 is 24.5 Å². The quantitative estimate of drug-likeness (QED) is 0.746. The van der Waals surface area contributed by atoms with E-state index in [1.165, 1.54) is 0 Å². The Kier molecular flexibility index (Phi) is 16.7. The van der Waals surface area contributed by atoms with Gasteiger partial charge in [0.1, 0.15) is 0 Å². The second-order valence-electron chi connectivity index (χ2n) is 3.27. The summed E-state index contributed by atoms with van der Waals surface area (Å²) < 4.78 is 5.25. The van der Waals surface area contributed by atoms with Gasteiger partial charge in [0.15, 0.2) is 0 Å². The first-order valence-corrected chi connectivity index (χ1v) is 4.64. The van der Waals surface area contributed by atoms with E-state index in [0.717, 1.165) is 13.8 Å². The highest BCUT2D eigenvalue weighted by Gasteiger charge is 1.94. The monoisotopic (exact) mass is 222 g/mol. The highest BCUT2D eigenvalue weighted by atomic mass is 16.5. The number of hydrogen-bond acceptors (Lipinski definition) is 3. The first kappa shape index (κ1) is 19.5. The first-order chi connectivity index (χ1) is 6.59. The first-order valence-electron chi connectivity index (χ1n) is 4.64. The van der Waals surface area contributed by atoms with Gasteiger partial charge in [-0.15, -0.1) is 0 Å². The highest BCUT2D eigenvalue weighted by Crippen LogP contribution is 1.93. The van der Waals surface area contributed by atoms with E-state index >= 15 is 0 Å². The third-order valence-electron chi connectivity index (χ3n) is 0.544. The zero-order valence-electron chi connectivity index (χ0n) is 10.3. The number of aliphatic carboxylic acids is 2. The van der Waals surface area contributed by atoms with Crippen molar-refractivity contribution in [1.29, 1.82) is 0 Å². The number of hydrogen-bond donors (Lipinski definition) is 2. The molecule has 0 aliphatic carbocycles. The average Bonchev–Trinajstić information content (AvgIpc) is 1.78. The Labute approximate surface area is 91.1 Å². The predicted octanol–water partition coefficient (Wildman–Crippen LogP) is 2.00. The van der Waals surface area contributed by atoms with Gasteiger partial charge in [-0.25, -0.2) is 0 Å². The van der Waals surface area contributed by atoms with Crippen molar-refractivity contribution >= 4 is 11.9 Å². The second-order valence-corrected chi connectivity index (χ2v) is 3.27. The van der Waals surface area contributed by atoms with E-state index in [9.17, 15) is 0 Å². The predicted molar refractivity (Wildman–Crippen MR) is 58.0 cm³/mol. The molecule has 0 fully saturated rings. The number of carbonyl (C=O) groups is 2. The van der Waals surface area contributed by atoms with E-state index in [1.807, 2.05) is 27.7 Å². The Bertz CT molecular complexity index is 137. The van der Waals surface area contributed by atoms with Gasteiger partial charge in [-0.2, -0.15) is 0 Å². The van der Waals surface area contributed by atoms with Gasteiger partial charge in [0.2, 0.25) is 0 Å². The van der Waals surface area contributed by atoms with Crippen molar-refractivity contribution in [2.24, 2.45) is 0 Å². The molecular formula is C10H22O5. The molecule has 0 amide bonds. The number of ether oxygens (including phenoxy) is 1. The van der Waals surface area contributed by atoms with Gasteiger partial charge in [-0.05, 0) is 27.7 Å². The number of carboxylic acids is 2. The summed E-state index contributed by atoms with van der Waals surface area (Å²) in [6.45, 7) is 10.3. The van der Waals surface area contributed by atoms with Crippen LogP contribution in [0.15, 0.2) is 0 Å². The molecule has 92 valence electrons. The fourth-order valence-corrected chi connectivity index (χ4v) is 0.544. The van der Waals surface area contributed by atoms with E-state index in [0.29, 0.717) is 12.2 Å². The zero-order valence-corrected chi connectivity index (χ0v) is 10.3. The van der Waals surface area contributed by atoms with Crippen molar-refractivity contribution in [3.63, 3.8) is 0 Å². The van der Waals surface area contributed by atoms with Crippen LogP contribution < -0.4 is 0 Å². The molecule has 0 aromatic carbocycles. The highest BCUT2D eigenvalue weighted by molar-refractivity contribution is 5.63. The van der Waals surface area contributed by atoms with E-state index in [-0.39, 0.29) is 0 Å². The minimum atomic E-state index is -0.833. The van der Waals surface area contributed by atoms with Gasteiger partial charge in [0.05, 0.1) is 12.2 Å². The van der Waals surface area contributed by atoms with Crippen LogP contribution in [0.2, 0.25) is 0 Å². The summed E-state index contributed by atoms with van der Waals surface area (Å²) in [7, 11) is 0. The number of carboxylic acid groups (broad SMARTS) is 2. The lowest BCUT2D eigenvalue weighted by atomic mass is 10.4. The molecule has 15 heavy (non-hydrogen) atoms. The van der Waals surface area contributed by atoms with Crippen molar-refractivity contribution in [3.8, 4) is 0 Å². The van der Waals surface area contributed by atoms with Crippen molar-refractivity contribution in [1.82, 2.24) is 0 Å². The summed E-state index contributed by atoms with van der Waals surface area (Å²) in [4.78, 5) is 18.0. The summed E-state index contributed by atoms with van der Waals surface area (Å²) in [6, 6.07) is 0. The Hall–Kier alpha value is -1.10. The van der Waals surface area contributed by atoms with Crippen LogP contribution in [0.3, 0.4) is 0 Å². The van der Waals surface area contributed by atoms with Crippen molar-refractivity contribution in [3.05, 3.63) is 0 Å². The summed E-state index contributed by atoms with van der Waals surface area (Å²) in [5.74, 6) is -1.67. The maximum absolute atomic E-state index is 9.00. The fourth-order valence-electron chi connectivity index (χ4n) is 0.544. The smallest absolute Gasteiger partial charge is 0.300 e. The molecule has 0 rings (SSSR count). The maximum Gasteiger partial charge on any atom is 0.300 e. The molecule has 0 unspecified atom stereocenters. The molecule has 0 saturated carbocycles. The molecule has 0 aliphatic rings. The molecule has 0 heterocycles. The minimum absolute atomic E-state index is 0.375. The lowest BCUT2D eigenvalue weighted by molar-refractivity contribution is -0.135. The van der Waals surface area contributed by atoms with Gasteiger partial charge in [0.25, 0.3) is 11.9 Å². The van der Waals surface area contributed by atoms with Crippen LogP contribution in [0.4, 0.5) is 0 Å². The molecule has 5 nitrogen and oxygen atoms in total. The largest absolute Gasteiger partial charge is 0.481 e. The standard InChI is InChI=1S/C6H14O.2C2H4O2/c1-5(2)7-6(3)4;2*1-2(3)4/h5-6H,1-4H3;2*1H3,(H,3,4). The van der Waals surface area contributed by atoms with Crippen LogP contribution in [-0.4, -0.2) is 34.4 Å². The Morgan fingerprint density at radius 2 is 1.00 bits per heavy atom. The molecule has 0 radical (unpaired) electrons. The van der Waals surface area contributed by atoms with Gasteiger partial charge in [0, 0.05) is 13.8 Å². The average molecular weight is 222 g/mol. The third kappa shape index (κ3) is 182. The SMILES string of the molecule is CC(=O)O.CC(=O)O.CC(C)OC(C)C. The lowest BCUT2D eigenvalue weighted by Gasteiger charge is -2.09. The van der Waals surface area contributed by atoms with Crippen LogP contribution in [0, 0.1) is 0 Å². The van der Waals surface area contributed by atoms with Crippen molar-refractivity contribution in [2.45, 2.75) is 53.8 Å². The Morgan fingerprint density at radius 1 is 0.867 bits per heavy atom. The molecule has 0 spiro atoms. The molecule has 2 N–H and O–H groups in total. The molecule has 5 heteroatoms. The third-order valence-corrected chi connectivity index (χ3v) is 0.544. The summed E-state index contributed by atoms with van der Waals surface area (Å²) in [5, 5.41) is 14.8.